The smallest absolute Gasteiger partial charge is 0.125 e. The fourth-order valence-corrected chi connectivity index (χ4v) is 3.22. The minimum absolute atomic E-state index is 0. The second kappa shape index (κ2) is 7.72. The Morgan fingerprint density at radius 3 is 2.60 bits per heavy atom. The molecule has 0 radical (unpaired) electrons. The molecule has 20 heavy (non-hydrogen) atoms. The van der Waals surface area contributed by atoms with Gasteiger partial charge in [-0.2, -0.15) is 0 Å². The Hall–Kier alpha value is -0.970. The average Bonchev–Trinajstić information content (AvgIpc) is 2.70. The van der Waals surface area contributed by atoms with Gasteiger partial charge in [0.15, 0.2) is 0 Å². The van der Waals surface area contributed by atoms with Crippen LogP contribution in [0, 0.1) is 0 Å². The van der Waals surface area contributed by atoms with Crippen molar-refractivity contribution in [3.05, 3.63) is 30.0 Å². The molecular weight excluding hydrogens is 313 g/mol. The maximum Gasteiger partial charge on any atom is 0.125 e. The minimum Gasteiger partial charge on any atom is -0.388 e. The van der Waals surface area contributed by atoms with Crippen molar-refractivity contribution in [3.63, 3.8) is 0 Å². The number of halogens is 2. The van der Waals surface area contributed by atoms with Crippen LogP contribution in [0.5, 0.6) is 0 Å². The van der Waals surface area contributed by atoms with E-state index in [4.69, 9.17) is 4.98 Å². The van der Waals surface area contributed by atoms with Gasteiger partial charge < -0.3 is 10.6 Å². The molecule has 0 saturated heterocycles. The molecule has 2 heterocycles. The van der Waals surface area contributed by atoms with Gasteiger partial charge in [-0.25, -0.2) is 4.98 Å². The summed E-state index contributed by atoms with van der Waals surface area (Å²) in [5.74, 6) is 0. The number of anilines is 2. The summed E-state index contributed by atoms with van der Waals surface area (Å²) < 4.78 is 0. The van der Waals surface area contributed by atoms with Gasteiger partial charge in [0.05, 0.1) is 5.69 Å². The van der Waals surface area contributed by atoms with Crippen molar-refractivity contribution in [1.82, 2.24) is 4.98 Å². The van der Waals surface area contributed by atoms with E-state index in [2.05, 4.69) is 34.9 Å². The summed E-state index contributed by atoms with van der Waals surface area (Å²) in [5.41, 5.74) is 3.58. The van der Waals surface area contributed by atoms with Gasteiger partial charge in [0.25, 0.3) is 0 Å². The molecule has 3 rings (SSSR count). The lowest BCUT2D eigenvalue weighted by Gasteiger charge is -2.01. The van der Waals surface area contributed by atoms with Crippen LogP contribution in [-0.4, -0.2) is 18.6 Å². The van der Waals surface area contributed by atoms with Crippen molar-refractivity contribution in [2.75, 3.05) is 24.2 Å². The van der Waals surface area contributed by atoms with Crippen molar-refractivity contribution in [2.45, 2.75) is 19.3 Å². The van der Waals surface area contributed by atoms with E-state index in [1.165, 1.54) is 29.1 Å². The fraction of sp³-hybridized carbons (Fsp3) is 0.357. The first-order chi connectivity index (χ1) is 8.86. The Kier molecular flexibility index (Phi) is 6.59. The van der Waals surface area contributed by atoms with Gasteiger partial charge in [-0.3, -0.25) is 0 Å². The number of thiazole rings is 1. The SMILES string of the molecule is CNc1ccc(-c2nc3c(s2)NCCCC3)cc1.Cl.Cl. The quantitative estimate of drug-likeness (QED) is 0.853. The van der Waals surface area contributed by atoms with Crippen molar-refractivity contribution in [3.8, 4) is 10.6 Å². The molecule has 0 unspecified atom stereocenters. The molecule has 0 fully saturated rings. The number of nitrogens with one attached hydrogen (secondary N) is 2. The summed E-state index contributed by atoms with van der Waals surface area (Å²) in [4.78, 5) is 4.77. The summed E-state index contributed by atoms with van der Waals surface area (Å²) in [6, 6.07) is 8.44. The molecule has 6 heteroatoms. The largest absolute Gasteiger partial charge is 0.388 e. The molecule has 0 amide bonds. The molecule has 0 saturated carbocycles. The van der Waals surface area contributed by atoms with Gasteiger partial charge in [0.2, 0.25) is 0 Å². The maximum absolute atomic E-state index is 4.77. The van der Waals surface area contributed by atoms with E-state index in [0.29, 0.717) is 0 Å². The molecule has 0 atom stereocenters. The van der Waals surface area contributed by atoms with Crippen LogP contribution >= 0.6 is 36.2 Å². The lowest BCUT2D eigenvalue weighted by Crippen LogP contribution is -1.96. The molecule has 0 spiro atoms. The number of benzene rings is 1. The van der Waals surface area contributed by atoms with Crippen LogP contribution in [0.25, 0.3) is 10.6 Å². The Morgan fingerprint density at radius 1 is 1.15 bits per heavy atom. The molecule has 0 aliphatic carbocycles. The van der Waals surface area contributed by atoms with Crippen LogP contribution < -0.4 is 10.6 Å². The highest BCUT2D eigenvalue weighted by molar-refractivity contribution is 7.19. The van der Waals surface area contributed by atoms with Crippen LogP contribution in [0.3, 0.4) is 0 Å². The van der Waals surface area contributed by atoms with Crippen LogP contribution in [0.2, 0.25) is 0 Å². The van der Waals surface area contributed by atoms with Crippen molar-refractivity contribution >= 4 is 46.8 Å². The van der Waals surface area contributed by atoms with Crippen molar-refractivity contribution in [2.24, 2.45) is 0 Å². The van der Waals surface area contributed by atoms with E-state index in [9.17, 15) is 0 Å². The molecule has 1 aliphatic heterocycles. The second-order valence-electron chi connectivity index (χ2n) is 4.51. The zero-order chi connectivity index (χ0) is 12.4. The number of hydrogen-bond acceptors (Lipinski definition) is 4. The molecule has 1 aromatic heterocycles. The lowest BCUT2D eigenvalue weighted by atomic mass is 10.2. The van der Waals surface area contributed by atoms with E-state index >= 15 is 0 Å². The van der Waals surface area contributed by atoms with Crippen LogP contribution in [-0.2, 0) is 6.42 Å². The molecule has 2 aromatic rings. The lowest BCUT2D eigenvalue weighted by molar-refractivity contribution is 0.775. The van der Waals surface area contributed by atoms with E-state index in [-0.39, 0.29) is 24.8 Å². The molecule has 0 bridgehead atoms. The van der Waals surface area contributed by atoms with Crippen molar-refractivity contribution in [1.29, 1.82) is 0 Å². The van der Waals surface area contributed by atoms with Gasteiger partial charge in [-0.15, -0.1) is 24.8 Å². The van der Waals surface area contributed by atoms with E-state index in [1.54, 1.807) is 11.3 Å². The van der Waals surface area contributed by atoms with Gasteiger partial charge in [0, 0.05) is 24.8 Å². The third-order valence-electron chi connectivity index (χ3n) is 3.24. The summed E-state index contributed by atoms with van der Waals surface area (Å²) >= 11 is 1.77. The number of fused-ring (bicyclic) bond motifs is 1. The Labute approximate surface area is 136 Å². The Morgan fingerprint density at radius 2 is 1.90 bits per heavy atom. The monoisotopic (exact) mass is 331 g/mol. The van der Waals surface area contributed by atoms with Gasteiger partial charge in [0.1, 0.15) is 10.0 Å². The number of aromatic nitrogens is 1. The fourth-order valence-electron chi connectivity index (χ4n) is 2.18. The predicted octanol–water partition coefficient (Wildman–Crippen LogP) is 4.44. The summed E-state index contributed by atoms with van der Waals surface area (Å²) in [6.45, 7) is 1.08. The minimum atomic E-state index is 0. The topological polar surface area (TPSA) is 37.0 Å². The summed E-state index contributed by atoms with van der Waals surface area (Å²) in [7, 11) is 1.94. The first kappa shape index (κ1) is 17.1. The number of aryl methyl sites for hydroxylation is 1. The maximum atomic E-state index is 4.77. The highest BCUT2D eigenvalue weighted by atomic mass is 35.5. The predicted molar refractivity (Wildman–Crippen MR) is 93.0 cm³/mol. The van der Waals surface area contributed by atoms with E-state index in [1.807, 2.05) is 7.05 Å². The zero-order valence-corrected chi connectivity index (χ0v) is 13.8. The second-order valence-corrected chi connectivity index (χ2v) is 5.51. The van der Waals surface area contributed by atoms with Crippen LogP contribution in [0.1, 0.15) is 18.5 Å². The molecule has 1 aromatic carbocycles. The zero-order valence-electron chi connectivity index (χ0n) is 11.3. The van der Waals surface area contributed by atoms with Gasteiger partial charge >= 0.3 is 0 Å². The third-order valence-corrected chi connectivity index (χ3v) is 4.35. The van der Waals surface area contributed by atoms with Crippen molar-refractivity contribution < 1.29 is 0 Å². The Bertz CT molecular complexity index is 516. The summed E-state index contributed by atoms with van der Waals surface area (Å²) in [5, 5.41) is 9.00. The van der Waals surface area contributed by atoms with Crippen LogP contribution in [0.15, 0.2) is 24.3 Å². The number of rotatable bonds is 2. The average molecular weight is 332 g/mol. The molecule has 2 N–H and O–H groups in total. The Balaban J connectivity index is 0.000001000. The summed E-state index contributed by atoms with van der Waals surface area (Å²) in [6.07, 6.45) is 3.59. The highest BCUT2D eigenvalue weighted by Gasteiger charge is 2.14. The standard InChI is InChI=1S/C14H17N3S.2ClH/c1-15-11-7-5-10(6-8-11)13-17-12-4-2-3-9-16-14(12)18-13;;/h5-8,15-16H,2-4,9H2,1H3;2*1H. The highest BCUT2D eigenvalue weighted by Crippen LogP contribution is 2.34. The molecule has 1 aliphatic rings. The molecule has 3 nitrogen and oxygen atoms in total. The van der Waals surface area contributed by atoms with E-state index < -0.39 is 0 Å². The van der Waals surface area contributed by atoms with E-state index in [0.717, 1.165) is 23.7 Å². The first-order valence-corrected chi connectivity index (χ1v) is 7.20. The van der Waals surface area contributed by atoms with Gasteiger partial charge in [-0.05, 0) is 43.5 Å². The number of nitrogens with zero attached hydrogens (tertiary/aromatic N) is 1. The first-order valence-electron chi connectivity index (χ1n) is 6.38. The molecule has 110 valence electrons. The van der Waals surface area contributed by atoms with Crippen LogP contribution in [0.4, 0.5) is 10.7 Å². The third kappa shape index (κ3) is 3.57. The normalized spacial score (nSPS) is 13.1. The molecular formula is C14H19Cl2N3S. The number of hydrogen-bond donors (Lipinski definition) is 2. The van der Waals surface area contributed by atoms with Gasteiger partial charge in [-0.1, -0.05) is 11.3 Å².